The summed E-state index contributed by atoms with van der Waals surface area (Å²) in [7, 11) is 0. The van der Waals surface area contributed by atoms with Gasteiger partial charge < -0.3 is 14.3 Å². The molecule has 0 aliphatic carbocycles. The Morgan fingerprint density at radius 3 is 2.57 bits per heavy atom. The quantitative estimate of drug-likeness (QED) is 0.724. The standard InChI is InChI=1S/C16H16FN5O/c1-11-14-15(18-10-19-16(14)23-20-11)22-8-6-21(7-9-22)13-5-3-2-4-12(13)17/h2-5,10H,6-9H2,1H3. The van der Waals surface area contributed by atoms with Gasteiger partial charge >= 0.3 is 0 Å². The molecule has 3 aromatic rings. The molecule has 3 heterocycles. The minimum atomic E-state index is -0.180. The topological polar surface area (TPSA) is 58.3 Å². The lowest BCUT2D eigenvalue weighted by molar-refractivity contribution is 0.442. The molecule has 1 saturated heterocycles. The third-order valence-corrected chi connectivity index (χ3v) is 4.20. The third kappa shape index (κ3) is 2.38. The number of anilines is 2. The van der Waals surface area contributed by atoms with E-state index in [2.05, 4.69) is 24.9 Å². The molecule has 6 nitrogen and oxygen atoms in total. The molecule has 23 heavy (non-hydrogen) atoms. The largest absolute Gasteiger partial charge is 0.366 e. The molecule has 0 saturated carbocycles. The van der Waals surface area contributed by atoms with Crippen molar-refractivity contribution in [3.05, 3.63) is 42.1 Å². The molecule has 0 atom stereocenters. The zero-order chi connectivity index (χ0) is 15.8. The fourth-order valence-corrected chi connectivity index (χ4v) is 3.01. The third-order valence-electron chi connectivity index (χ3n) is 4.20. The van der Waals surface area contributed by atoms with Crippen molar-refractivity contribution in [3.8, 4) is 0 Å². The SMILES string of the molecule is Cc1noc2ncnc(N3CCN(c4ccccc4F)CC3)c12. The van der Waals surface area contributed by atoms with E-state index >= 15 is 0 Å². The molecule has 0 amide bonds. The Kier molecular flexibility index (Phi) is 3.33. The first-order valence-corrected chi connectivity index (χ1v) is 7.55. The van der Waals surface area contributed by atoms with E-state index in [-0.39, 0.29) is 5.82 Å². The summed E-state index contributed by atoms with van der Waals surface area (Å²) in [5.41, 5.74) is 1.94. The molecule has 0 spiro atoms. The normalized spacial score (nSPS) is 15.4. The number of para-hydroxylation sites is 1. The molecule has 7 heteroatoms. The first-order chi connectivity index (χ1) is 11.2. The lowest BCUT2D eigenvalue weighted by atomic mass is 10.2. The Hall–Kier alpha value is -2.70. The van der Waals surface area contributed by atoms with Crippen LogP contribution in [0.2, 0.25) is 0 Å². The number of fused-ring (bicyclic) bond motifs is 1. The smallest absolute Gasteiger partial charge is 0.263 e. The van der Waals surface area contributed by atoms with E-state index in [1.807, 2.05) is 19.1 Å². The van der Waals surface area contributed by atoms with Gasteiger partial charge in [-0.2, -0.15) is 4.98 Å². The fraction of sp³-hybridized carbons (Fsp3) is 0.312. The van der Waals surface area contributed by atoms with Gasteiger partial charge in [0.1, 0.15) is 23.3 Å². The van der Waals surface area contributed by atoms with Crippen LogP contribution in [0.1, 0.15) is 5.69 Å². The van der Waals surface area contributed by atoms with E-state index in [0.29, 0.717) is 11.4 Å². The van der Waals surface area contributed by atoms with Gasteiger partial charge in [0.25, 0.3) is 5.71 Å². The summed E-state index contributed by atoms with van der Waals surface area (Å²) in [6, 6.07) is 6.88. The summed E-state index contributed by atoms with van der Waals surface area (Å²) in [6.07, 6.45) is 1.49. The lowest BCUT2D eigenvalue weighted by Crippen LogP contribution is -2.47. The molecule has 0 N–H and O–H groups in total. The highest BCUT2D eigenvalue weighted by Crippen LogP contribution is 2.28. The highest BCUT2D eigenvalue weighted by molar-refractivity contribution is 5.87. The minimum Gasteiger partial charge on any atom is -0.366 e. The summed E-state index contributed by atoms with van der Waals surface area (Å²) in [6.45, 7) is 4.86. The van der Waals surface area contributed by atoms with E-state index in [9.17, 15) is 4.39 Å². The van der Waals surface area contributed by atoms with Crippen LogP contribution in [-0.2, 0) is 0 Å². The van der Waals surface area contributed by atoms with E-state index < -0.39 is 0 Å². The zero-order valence-electron chi connectivity index (χ0n) is 12.7. The summed E-state index contributed by atoms with van der Waals surface area (Å²) in [5, 5.41) is 4.81. The molecule has 4 rings (SSSR count). The summed E-state index contributed by atoms with van der Waals surface area (Å²) in [4.78, 5) is 12.7. The number of aromatic nitrogens is 3. The van der Waals surface area contributed by atoms with Crippen molar-refractivity contribution >= 4 is 22.6 Å². The van der Waals surface area contributed by atoms with Gasteiger partial charge in [0, 0.05) is 26.2 Å². The number of rotatable bonds is 2. The number of halogens is 1. The Bertz CT molecular complexity index is 841. The molecule has 2 aromatic heterocycles. The van der Waals surface area contributed by atoms with Gasteiger partial charge in [-0.05, 0) is 19.1 Å². The van der Waals surface area contributed by atoms with E-state index in [1.165, 1.54) is 12.4 Å². The Labute approximate surface area is 132 Å². The van der Waals surface area contributed by atoms with E-state index in [4.69, 9.17) is 4.52 Å². The predicted octanol–water partition coefficient (Wildman–Crippen LogP) is 2.39. The van der Waals surface area contributed by atoms with Crippen LogP contribution in [-0.4, -0.2) is 41.3 Å². The fourth-order valence-electron chi connectivity index (χ4n) is 3.01. The summed E-state index contributed by atoms with van der Waals surface area (Å²) >= 11 is 0. The molecule has 1 fully saturated rings. The number of hydrogen-bond donors (Lipinski definition) is 0. The number of nitrogens with zero attached hydrogens (tertiary/aromatic N) is 5. The first kappa shape index (κ1) is 13.9. The number of aryl methyl sites for hydroxylation is 1. The van der Waals surface area contributed by atoms with Crippen LogP contribution in [0.5, 0.6) is 0 Å². The van der Waals surface area contributed by atoms with Gasteiger partial charge in [-0.1, -0.05) is 17.3 Å². The maximum atomic E-state index is 13.9. The van der Waals surface area contributed by atoms with Crippen molar-refractivity contribution in [1.29, 1.82) is 0 Å². The maximum absolute atomic E-state index is 13.9. The van der Waals surface area contributed by atoms with Crippen LogP contribution >= 0.6 is 0 Å². The van der Waals surface area contributed by atoms with Crippen LogP contribution in [0.3, 0.4) is 0 Å². The van der Waals surface area contributed by atoms with Gasteiger partial charge in [-0.3, -0.25) is 0 Å². The average molecular weight is 313 g/mol. The van der Waals surface area contributed by atoms with Crippen LogP contribution in [0.25, 0.3) is 11.1 Å². The lowest BCUT2D eigenvalue weighted by Gasteiger charge is -2.36. The number of hydrogen-bond acceptors (Lipinski definition) is 6. The number of piperazine rings is 1. The van der Waals surface area contributed by atoms with Crippen LogP contribution in [0.4, 0.5) is 15.9 Å². The minimum absolute atomic E-state index is 0.180. The maximum Gasteiger partial charge on any atom is 0.263 e. The van der Waals surface area contributed by atoms with Crippen molar-refractivity contribution in [2.45, 2.75) is 6.92 Å². The monoisotopic (exact) mass is 313 g/mol. The molecule has 0 radical (unpaired) electrons. The second-order valence-electron chi connectivity index (χ2n) is 5.57. The zero-order valence-corrected chi connectivity index (χ0v) is 12.7. The van der Waals surface area contributed by atoms with Crippen LogP contribution < -0.4 is 9.80 Å². The Morgan fingerprint density at radius 2 is 1.78 bits per heavy atom. The molecule has 0 bridgehead atoms. The molecule has 1 aliphatic heterocycles. The molecule has 118 valence electrons. The highest BCUT2D eigenvalue weighted by Gasteiger charge is 2.23. The van der Waals surface area contributed by atoms with Crippen molar-refractivity contribution < 1.29 is 8.91 Å². The molecular formula is C16H16FN5O. The van der Waals surface area contributed by atoms with Crippen LogP contribution in [0.15, 0.2) is 35.1 Å². The van der Waals surface area contributed by atoms with Crippen molar-refractivity contribution in [2.75, 3.05) is 36.0 Å². The van der Waals surface area contributed by atoms with E-state index in [0.717, 1.165) is 43.1 Å². The van der Waals surface area contributed by atoms with Gasteiger partial charge in [-0.15, -0.1) is 0 Å². The number of benzene rings is 1. The van der Waals surface area contributed by atoms with Crippen LogP contribution in [0, 0.1) is 12.7 Å². The first-order valence-electron chi connectivity index (χ1n) is 7.55. The van der Waals surface area contributed by atoms with Crippen molar-refractivity contribution in [2.24, 2.45) is 0 Å². The van der Waals surface area contributed by atoms with Crippen molar-refractivity contribution in [3.63, 3.8) is 0 Å². The molecule has 0 unspecified atom stereocenters. The van der Waals surface area contributed by atoms with E-state index in [1.54, 1.807) is 6.07 Å². The Balaban J connectivity index is 1.58. The van der Waals surface area contributed by atoms with Gasteiger partial charge in [-0.25, -0.2) is 9.37 Å². The predicted molar refractivity (Wildman–Crippen MR) is 85.2 cm³/mol. The second-order valence-corrected chi connectivity index (χ2v) is 5.57. The average Bonchev–Trinajstić information content (AvgIpc) is 2.97. The van der Waals surface area contributed by atoms with Crippen molar-refractivity contribution in [1.82, 2.24) is 15.1 Å². The Morgan fingerprint density at radius 1 is 1.04 bits per heavy atom. The van der Waals surface area contributed by atoms with Gasteiger partial charge in [0.15, 0.2) is 0 Å². The summed E-state index contributed by atoms with van der Waals surface area (Å²) < 4.78 is 19.1. The molecule has 1 aliphatic rings. The van der Waals surface area contributed by atoms with Gasteiger partial charge in [0.2, 0.25) is 0 Å². The highest BCUT2D eigenvalue weighted by atomic mass is 19.1. The second kappa shape index (κ2) is 5.49. The molecule has 1 aromatic carbocycles. The summed E-state index contributed by atoms with van der Waals surface area (Å²) in [5.74, 6) is 0.655. The van der Waals surface area contributed by atoms with Gasteiger partial charge in [0.05, 0.1) is 11.4 Å². The molecular weight excluding hydrogens is 297 g/mol.